The lowest BCUT2D eigenvalue weighted by molar-refractivity contribution is 0.0319. The van der Waals surface area contributed by atoms with Crippen molar-refractivity contribution in [2.75, 3.05) is 39.8 Å². The molecule has 1 aromatic carbocycles. The van der Waals surface area contributed by atoms with E-state index in [4.69, 9.17) is 19.3 Å². The molecular formula is C25H33FN4O5. The maximum atomic E-state index is 14.8. The summed E-state index contributed by atoms with van der Waals surface area (Å²) in [5.41, 5.74) is 1.47. The molecule has 190 valence electrons. The molecule has 1 aromatic heterocycles. The second kappa shape index (κ2) is 11.6. The zero-order valence-corrected chi connectivity index (χ0v) is 20.3. The van der Waals surface area contributed by atoms with Crippen LogP contribution in [0, 0.1) is 12.7 Å². The number of halogens is 1. The van der Waals surface area contributed by atoms with Crippen molar-refractivity contribution in [3.8, 4) is 17.5 Å². The maximum Gasteiger partial charge on any atom is 0.407 e. The Bertz CT molecular complexity index is 1020. The van der Waals surface area contributed by atoms with E-state index < -0.39 is 11.9 Å². The average molecular weight is 489 g/mol. The number of rotatable bonds is 8. The topological polar surface area (TPSA) is 97.3 Å². The van der Waals surface area contributed by atoms with Crippen LogP contribution < -0.4 is 9.47 Å². The normalized spacial score (nSPS) is 19.5. The molecule has 4 rings (SSSR count). The highest BCUT2D eigenvalue weighted by Gasteiger charge is 2.25. The highest BCUT2D eigenvalue weighted by molar-refractivity contribution is 5.65. The molecule has 2 aliphatic rings. The second-order valence-electron chi connectivity index (χ2n) is 9.11. The number of methoxy groups -OCH3 is 1. The maximum absolute atomic E-state index is 14.8. The Balaban J connectivity index is 1.34. The van der Waals surface area contributed by atoms with Gasteiger partial charge in [-0.05, 0) is 50.4 Å². The van der Waals surface area contributed by atoms with E-state index in [9.17, 15) is 9.18 Å². The first-order chi connectivity index (χ1) is 16.9. The van der Waals surface area contributed by atoms with Crippen molar-refractivity contribution in [3.63, 3.8) is 0 Å². The third-order valence-corrected chi connectivity index (χ3v) is 6.70. The van der Waals surface area contributed by atoms with Crippen LogP contribution >= 0.6 is 0 Å². The van der Waals surface area contributed by atoms with Crippen LogP contribution in [0.15, 0.2) is 24.5 Å². The number of benzene rings is 1. The van der Waals surface area contributed by atoms with E-state index in [-0.39, 0.29) is 23.8 Å². The summed E-state index contributed by atoms with van der Waals surface area (Å²) < 4.78 is 32.1. The average Bonchev–Trinajstić information content (AvgIpc) is 2.87. The van der Waals surface area contributed by atoms with Gasteiger partial charge in [0.1, 0.15) is 12.4 Å². The highest BCUT2D eigenvalue weighted by atomic mass is 19.1. The fourth-order valence-corrected chi connectivity index (χ4v) is 4.55. The van der Waals surface area contributed by atoms with Crippen molar-refractivity contribution in [1.82, 2.24) is 19.8 Å². The van der Waals surface area contributed by atoms with Crippen LogP contribution in [-0.2, 0) is 11.2 Å². The molecule has 35 heavy (non-hydrogen) atoms. The number of amides is 1. The molecule has 0 saturated carbocycles. The number of ether oxygens (including phenoxy) is 3. The van der Waals surface area contributed by atoms with Crippen molar-refractivity contribution >= 4 is 6.09 Å². The van der Waals surface area contributed by atoms with Gasteiger partial charge in [0, 0.05) is 46.1 Å². The number of piperidine rings is 2. The largest absolute Gasteiger partial charge is 0.474 e. The minimum Gasteiger partial charge on any atom is -0.474 e. The Labute approximate surface area is 204 Å². The Morgan fingerprint density at radius 1 is 1.14 bits per heavy atom. The number of carboxylic acid groups (broad SMARTS) is 1. The van der Waals surface area contributed by atoms with Crippen LogP contribution in [0.5, 0.6) is 17.5 Å². The number of nitrogens with zero attached hydrogens (tertiary/aromatic N) is 4. The molecule has 1 atom stereocenters. The van der Waals surface area contributed by atoms with Crippen molar-refractivity contribution < 1.29 is 28.5 Å². The van der Waals surface area contributed by atoms with Gasteiger partial charge in [0.05, 0.1) is 11.7 Å². The molecule has 2 fully saturated rings. The van der Waals surface area contributed by atoms with E-state index in [2.05, 4.69) is 14.9 Å². The first-order valence-electron chi connectivity index (χ1n) is 12.1. The SMILES string of the molecule is CO[C@H]1CCCN(CCc2ccc(Oc3ncnc(OC4CCN(C(=O)O)CC4)c3C)c(F)c2)C1. The number of hydrogen-bond acceptors (Lipinski definition) is 7. The van der Waals surface area contributed by atoms with Gasteiger partial charge in [0.15, 0.2) is 11.6 Å². The summed E-state index contributed by atoms with van der Waals surface area (Å²) in [6.07, 6.45) is 4.63. The fraction of sp³-hybridized carbons (Fsp3) is 0.560. The van der Waals surface area contributed by atoms with E-state index in [1.54, 1.807) is 20.1 Å². The molecule has 3 heterocycles. The first-order valence-corrected chi connectivity index (χ1v) is 12.1. The van der Waals surface area contributed by atoms with Gasteiger partial charge in [0.2, 0.25) is 11.8 Å². The molecule has 1 amide bonds. The number of likely N-dealkylation sites (tertiary alicyclic amines) is 2. The third kappa shape index (κ3) is 6.58. The Morgan fingerprint density at radius 3 is 2.63 bits per heavy atom. The monoisotopic (exact) mass is 488 g/mol. The summed E-state index contributed by atoms with van der Waals surface area (Å²) in [6, 6.07) is 5.01. The zero-order chi connectivity index (χ0) is 24.8. The minimum atomic E-state index is -0.920. The quantitative estimate of drug-likeness (QED) is 0.598. The first kappa shape index (κ1) is 25.1. The van der Waals surface area contributed by atoms with Gasteiger partial charge in [0.25, 0.3) is 0 Å². The van der Waals surface area contributed by atoms with Crippen LogP contribution in [-0.4, -0.2) is 83.0 Å². The van der Waals surface area contributed by atoms with E-state index in [0.29, 0.717) is 37.4 Å². The van der Waals surface area contributed by atoms with Crippen LogP contribution in [0.4, 0.5) is 9.18 Å². The molecule has 0 aliphatic carbocycles. The molecule has 2 saturated heterocycles. The van der Waals surface area contributed by atoms with Gasteiger partial charge in [-0.1, -0.05) is 6.07 Å². The fourth-order valence-electron chi connectivity index (χ4n) is 4.55. The molecule has 9 nitrogen and oxygen atoms in total. The van der Waals surface area contributed by atoms with Crippen LogP contribution in [0.2, 0.25) is 0 Å². The van der Waals surface area contributed by atoms with E-state index >= 15 is 0 Å². The molecule has 10 heteroatoms. The summed E-state index contributed by atoms with van der Waals surface area (Å²) in [6.45, 7) is 5.40. The van der Waals surface area contributed by atoms with E-state index in [1.165, 1.54) is 17.3 Å². The highest BCUT2D eigenvalue weighted by Crippen LogP contribution is 2.31. The second-order valence-corrected chi connectivity index (χ2v) is 9.11. The predicted molar refractivity (Wildman–Crippen MR) is 127 cm³/mol. The molecule has 2 aliphatic heterocycles. The van der Waals surface area contributed by atoms with Crippen molar-refractivity contribution in [3.05, 3.63) is 41.5 Å². The Morgan fingerprint density at radius 2 is 1.91 bits per heavy atom. The lowest BCUT2D eigenvalue weighted by atomic mass is 10.1. The number of carbonyl (C=O) groups is 1. The summed E-state index contributed by atoms with van der Waals surface area (Å²) in [5, 5.41) is 9.09. The molecule has 1 N–H and O–H groups in total. The van der Waals surface area contributed by atoms with Crippen LogP contribution in [0.3, 0.4) is 0 Å². The van der Waals surface area contributed by atoms with E-state index in [1.807, 2.05) is 6.07 Å². The van der Waals surface area contributed by atoms with Gasteiger partial charge in [-0.2, -0.15) is 0 Å². The van der Waals surface area contributed by atoms with Crippen molar-refractivity contribution in [2.24, 2.45) is 0 Å². The van der Waals surface area contributed by atoms with Gasteiger partial charge >= 0.3 is 6.09 Å². The van der Waals surface area contributed by atoms with Crippen molar-refractivity contribution in [2.45, 2.75) is 51.2 Å². The number of hydrogen-bond donors (Lipinski definition) is 1. The molecule has 2 aromatic rings. The standard InChI is InChI=1S/C25H33FN4O5/c1-17-23(34-19-8-12-30(13-9-19)25(31)32)27-16-28-24(17)35-22-6-5-18(14-21(22)26)7-11-29-10-3-4-20(15-29)33-2/h5-6,14,16,19-20H,3-4,7-13,15H2,1-2H3,(H,31,32)/t20-/m0/s1. The summed E-state index contributed by atoms with van der Waals surface area (Å²) in [7, 11) is 1.75. The minimum absolute atomic E-state index is 0.0914. The molecular weight excluding hydrogens is 455 g/mol. The van der Waals surface area contributed by atoms with Crippen LogP contribution in [0.25, 0.3) is 0 Å². The van der Waals surface area contributed by atoms with Gasteiger partial charge < -0.3 is 29.1 Å². The smallest absolute Gasteiger partial charge is 0.407 e. The number of aromatic nitrogens is 2. The van der Waals surface area contributed by atoms with Crippen molar-refractivity contribution in [1.29, 1.82) is 0 Å². The summed E-state index contributed by atoms with van der Waals surface area (Å²) in [4.78, 5) is 23.2. The molecule has 0 spiro atoms. The van der Waals surface area contributed by atoms with Crippen LogP contribution in [0.1, 0.15) is 36.8 Å². The lowest BCUT2D eigenvalue weighted by Crippen LogP contribution is -2.41. The lowest BCUT2D eigenvalue weighted by Gasteiger charge is -2.31. The van der Waals surface area contributed by atoms with E-state index in [0.717, 1.165) is 44.5 Å². The summed E-state index contributed by atoms with van der Waals surface area (Å²) in [5.74, 6) is 0.228. The molecule has 0 unspecified atom stereocenters. The third-order valence-electron chi connectivity index (χ3n) is 6.70. The summed E-state index contributed by atoms with van der Waals surface area (Å²) >= 11 is 0. The van der Waals surface area contributed by atoms with Gasteiger partial charge in [-0.3, -0.25) is 0 Å². The predicted octanol–water partition coefficient (Wildman–Crippen LogP) is 3.89. The zero-order valence-electron chi connectivity index (χ0n) is 20.3. The Kier molecular flexibility index (Phi) is 8.35. The molecule has 0 bridgehead atoms. The van der Waals surface area contributed by atoms with Gasteiger partial charge in [-0.15, -0.1) is 0 Å². The Hall–Kier alpha value is -2.98. The molecule has 0 radical (unpaired) electrons. The van der Waals surface area contributed by atoms with Gasteiger partial charge in [-0.25, -0.2) is 19.2 Å².